The Labute approximate surface area is 140 Å². The Morgan fingerprint density at radius 1 is 1.25 bits per heavy atom. The molecule has 1 fully saturated rings. The van der Waals surface area contributed by atoms with Crippen LogP contribution in [-0.2, 0) is 14.8 Å². The highest BCUT2D eigenvalue weighted by molar-refractivity contribution is 7.89. The zero-order chi connectivity index (χ0) is 17.7. The van der Waals surface area contributed by atoms with Crippen molar-refractivity contribution in [1.29, 1.82) is 0 Å². The highest BCUT2D eigenvalue weighted by atomic mass is 32.2. The minimum absolute atomic E-state index is 0.0717. The lowest BCUT2D eigenvalue weighted by Crippen LogP contribution is -2.34. The van der Waals surface area contributed by atoms with Crippen molar-refractivity contribution >= 4 is 21.7 Å². The molecule has 0 atom stereocenters. The second kappa shape index (κ2) is 7.71. The van der Waals surface area contributed by atoms with Gasteiger partial charge in [-0.2, -0.15) is 0 Å². The van der Waals surface area contributed by atoms with Crippen LogP contribution in [0.1, 0.15) is 48.9 Å². The summed E-state index contributed by atoms with van der Waals surface area (Å²) in [6.07, 6.45) is 5.41. The van der Waals surface area contributed by atoms with Crippen molar-refractivity contribution in [2.75, 3.05) is 7.11 Å². The van der Waals surface area contributed by atoms with Gasteiger partial charge in [-0.15, -0.1) is 0 Å². The first-order chi connectivity index (χ1) is 11.3. The highest BCUT2D eigenvalue weighted by Gasteiger charge is 2.29. The molecule has 0 amide bonds. The fourth-order valence-electron chi connectivity index (χ4n) is 2.81. The lowest BCUT2D eigenvalue weighted by atomic mass is 10.1. The molecule has 24 heavy (non-hydrogen) atoms. The summed E-state index contributed by atoms with van der Waals surface area (Å²) in [6.45, 7) is 0. The fourth-order valence-corrected chi connectivity index (χ4v) is 4.27. The van der Waals surface area contributed by atoms with Gasteiger partial charge >= 0.3 is 5.97 Å². The van der Waals surface area contributed by atoms with Crippen molar-refractivity contribution < 1.29 is 22.9 Å². The topological polar surface area (TPSA) is 116 Å². The highest BCUT2D eigenvalue weighted by Crippen LogP contribution is 2.27. The average Bonchev–Trinajstić information content (AvgIpc) is 2.81. The van der Waals surface area contributed by atoms with E-state index < -0.39 is 31.5 Å². The Morgan fingerprint density at radius 3 is 2.42 bits per heavy atom. The van der Waals surface area contributed by atoms with Crippen LogP contribution in [0.3, 0.4) is 0 Å². The van der Waals surface area contributed by atoms with Gasteiger partial charge in [0.25, 0.3) is 5.69 Å². The minimum Gasteiger partial charge on any atom is -0.465 e. The molecule has 0 aromatic heterocycles. The molecule has 0 spiro atoms. The van der Waals surface area contributed by atoms with Gasteiger partial charge in [0.2, 0.25) is 10.0 Å². The summed E-state index contributed by atoms with van der Waals surface area (Å²) >= 11 is 0. The number of nitro benzene ring substituents is 1. The van der Waals surface area contributed by atoms with E-state index in [1.54, 1.807) is 0 Å². The smallest absolute Gasteiger partial charge is 0.338 e. The third-order valence-electron chi connectivity index (χ3n) is 4.04. The molecule has 1 aromatic carbocycles. The van der Waals surface area contributed by atoms with Crippen LogP contribution in [0.4, 0.5) is 5.69 Å². The molecular formula is C15H20N2O6S. The average molecular weight is 356 g/mol. The maximum atomic E-state index is 12.6. The van der Waals surface area contributed by atoms with E-state index in [2.05, 4.69) is 9.46 Å². The van der Waals surface area contributed by atoms with Crippen LogP contribution in [0.15, 0.2) is 23.1 Å². The van der Waals surface area contributed by atoms with Crippen molar-refractivity contribution in [3.8, 4) is 0 Å². The Balaban J connectivity index is 2.34. The quantitative estimate of drug-likeness (QED) is 0.375. The molecule has 8 nitrogen and oxygen atoms in total. The molecule has 2 rings (SSSR count). The van der Waals surface area contributed by atoms with E-state index in [1.165, 1.54) is 6.07 Å². The van der Waals surface area contributed by atoms with Crippen LogP contribution >= 0.6 is 0 Å². The molecule has 1 aliphatic rings. The monoisotopic (exact) mass is 356 g/mol. The summed E-state index contributed by atoms with van der Waals surface area (Å²) in [5.41, 5.74) is -0.711. The number of benzene rings is 1. The first-order valence-corrected chi connectivity index (χ1v) is 9.22. The van der Waals surface area contributed by atoms with E-state index >= 15 is 0 Å². The molecule has 9 heteroatoms. The Morgan fingerprint density at radius 2 is 1.88 bits per heavy atom. The first-order valence-electron chi connectivity index (χ1n) is 7.74. The Hall–Kier alpha value is -2.00. The van der Waals surface area contributed by atoms with Crippen molar-refractivity contribution in [2.45, 2.75) is 49.5 Å². The van der Waals surface area contributed by atoms with Gasteiger partial charge in [-0.1, -0.05) is 25.7 Å². The van der Waals surface area contributed by atoms with Crippen molar-refractivity contribution in [2.24, 2.45) is 0 Å². The third kappa shape index (κ3) is 4.30. The summed E-state index contributed by atoms with van der Waals surface area (Å²) in [6, 6.07) is 2.98. The number of nitrogens with zero attached hydrogens (tertiary/aromatic N) is 1. The number of methoxy groups -OCH3 is 1. The largest absolute Gasteiger partial charge is 0.465 e. The number of hydrogen-bond donors (Lipinski definition) is 1. The number of hydrogen-bond acceptors (Lipinski definition) is 6. The van der Waals surface area contributed by atoms with Crippen LogP contribution in [0.2, 0.25) is 0 Å². The number of carbonyl (C=O) groups is 1. The standard InChI is InChI=1S/C15H20N2O6S/c1-23-15(18)11-8-9-14(13(10-11)17(19)20)24(21,22)16-12-6-4-2-3-5-7-12/h8-10,12,16H,2-7H2,1H3. The maximum absolute atomic E-state index is 12.6. The number of nitrogens with one attached hydrogen (secondary N) is 1. The second-order valence-electron chi connectivity index (χ2n) is 5.74. The number of ether oxygens (including phenoxy) is 1. The second-order valence-corrected chi connectivity index (χ2v) is 7.42. The van der Waals surface area contributed by atoms with E-state index in [4.69, 9.17) is 0 Å². The van der Waals surface area contributed by atoms with Gasteiger partial charge in [0.05, 0.1) is 17.6 Å². The molecule has 0 radical (unpaired) electrons. The number of carbonyl (C=O) groups excluding carboxylic acids is 1. The third-order valence-corrected chi connectivity index (χ3v) is 5.61. The molecule has 0 saturated heterocycles. The van der Waals surface area contributed by atoms with Crippen LogP contribution in [-0.4, -0.2) is 32.5 Å². The van der Waals surface area contributed by atoms with E-state index in [-0.39, 0.29) is 11.6 Å². The molecule has 0 bridgehead atoms. The molecule has 132 valence electrons. The number of rotatable bonds is 5. The number of esters is 1. The van der Waals surface area contributed by atoms with Crippen LogP contribution in [0, 0.1) is 10.1 Å². The van der Waals surface area contributed by atoms with Gasteiger partial charge in [0.1, 0.15) is 0 Å². The maximum Gasteiger partial charge on any atom is 0.338 e. The van der Waals surface area contributed by atoms with Crippen molar-refractivity contribution in [3.05, 3.63) is 33.9 Å². The van der Waals surface area contributed by atoms with Crippen molar-refractivity contribution in [3.63, 3.8) is 0 Å². The minimum atomic E-state index is -4.04. The number of nitro groups is 1. The Bertz CT molecular complexity index is 723. The zero-order valence-electron chi connectivity index (χ0n) is 13.4. The van der Waals surface area contributed by atoms with Crippen LogP contribution < -0.4 is 4.72 Å². The predicted octanol–water partition coefficient (Wildman–Crippen LogP) is 2.38. The van der Waals surface area contributed by atoms with Crippen LogP contribution in [0.25, 0.3) is 0 Å². The normalized spacial score (nSPS) is 16.4. The van der Waals surface area contributed by atoms with E-state index in [0.717, 1.165) is 44.9 Å². The fraction of sp³-hybridized carbons (Fsp3) is 0.533. The van der Waals surface area contributed by atoms with E-state index in [0.29, 0.717) is 12.8 Å². The van der Waals surface area contributed by atoms with Crippen molar-refractivity contribution in [1.82, 2.24) is 4.72 Å². The molecule has 1 aliphatic carbocycles. The van der Waals surface area contributed by atoms with Gasteiger partial charge in [0, 0.05) is 12.1 Å². The van der Waals surface area contributed by atoms with Gasteiger partial charge in [-0.3, -0.25) is 10.1 Å². The molecule has 1 N–H and O–H groups in total. The number of sulfonamides is 1. The molecule has 0 aliphatic heterocycles. The molecule has 0 heterocycles. The molecular weight excluding hydrogens is 336 g/mol. The van der Waals surface area contributed by atoms with E-state index in [1.807, 2.05) is 0 Å². The SMILES string of the molecule is COC(=O)c1ccc(S(=O)(=O)NC2CCCCCC2)c([N+](=O)[O-])c1. The van der Waals surface area contributed by atoms with Gasteiger partial charge in [-0.25, -0.2) is 17.9 Å². The van der Waals surface area contributed by atoms with Crippen LogP contribution in [0.5, 0.6) is 0 Å². The van der Waals surface area contributed by atoms with Gasteiger partial charge in [-0.05, 0) is 25.0 Å². The van der Waals surface area contributed by atoms with Gasteiger partial charge in [0.15, 0.2) is 4.90 Å². The summed E-state index contributed by atoms with van der Waals surface area (Å²) < 4.78 is 32.2. The molecule has 1 saturated carbocycles. The summed E-state index contributed by atoms with van der Waals surface area (Å²) in [5.74, 6) is -0.765. The zero-order valence-corrected chi connectivity index (χ0v) is 14.2. The Kier molecular flexibility index (Phi) is 5.89. The molecule has 0 unspecified atom stereocenters. The van der Waals surface area contributed by atoms with Gasteiger partial charge < -0.3 is 4.74 Å². The first kappa shape index (κ1) is 18.3. The lowest BCUT2D eigenvalue weighted by molar-refractivity contribution is -0.387. The predicted molar refractivity (Wildman–Crippen MR) is 86.2 cm³/mol. The summed E-state index contributed by atoms with van der Waals surface area (Å²) in [5, 5.41) is 11.2. The summed E-state index contributed by atoms with van der Waals surface area (Å²) in [7, 11) is -2.90. The molecule has 1 aromatic rings. The summed E-state index contributed by atoms with van der Waals surface area (Å²) in [4.78, 5) is 21.5. The van der Waals surface area contributed by atoms with E-state index in [9.17, 15) is 23.3 Å². The lowest BCUT2D eigenvalue weighted by Gasteiger charge is -2.16.